The van der Waals surface area contributed by atoms with Gasteiger partial charge < -0.3 is 18.3 Å². The van der Waals surface area contributed by atoms with Crippen molar-refractivity contribution >= 4 is 87.2 Å². The highest BCUT2D eigenvalue weighted by Crippen LogP contribution is 2.43. The number of hydrogen-bond donors (Lipinski definition) is 0. The third-order valence-electron chi connectivity index (χ3n) is 20.2. The Balaban J connectivity index is 0.728. The molecule has 466 valence electrons. The molecule has 0 fully saturated rings. The van der Waals surface area contributed by atoms with Crippen LogP contribution < -0.4 is 0 Å². The monoisotopic (exact) mass is 1270 g/mol. The molecule has 0 N–H and O–H groups in total. The molecule has 7 heteroatoms. The van der Waals surface area contributed by atoms with Gasteiger partial charge in [0.15, 0.2) is 17.5 Å². The first kappa shape index (κ1) is 56.8. The summed E-state index contributed by atoms with van der Waals surface area (Å²) in [7, 11) is 0. The lowest BCUT2D eigenvalue weighted by atomic mass is 9.98. The molecule has 5 aromatic heterocycles. The van der Waals surface area contributed by atoms with Crippen LogP contribution in [0.15, 0.2) is 358 Å². The van der Waals surface area contributed by atoms with Crippen LogP contribution >= 0.6 is 0 Å². The van der Waals surface area contributed by atoms with Crippen LogP contribution in [0.4, 0.5) is 0 Å². The minimum atomic E-state index is 0.568. The second kappa shape index (κ2) is 23.1. The lowest BCUT2D eigenvalue weighted by Crippen LogP contribution is -2.02. The van der Waals surface area contributed by atoms with Gasteiger partial charge in [-0.05, 0) is 166 Å². The van der Waals surface area contributed by atoms with Gasteiger partial charge in [0.25, 0.3) is 0 Å². The molecule has 0 aliphatic carbocycles. The maximum atomic E-state index is 5.52. The van der Waals surface area contributed by atoms with Crippen molar-refractivity contribution in [3.8, 4) is 101 Å². The lowest BCUT2D eigenvalue weighted by Gasteiger charge is -2.14. The van der Waals surface area contributed by atoms with Gasteiger partial charge in [-0.15, -0.1) is 0 Å². The quantitative estimate of drug-likeness (QED) is 0.130. The minimum Gasteiger partial charge on any atom is -0.309 e. The van der Waals surface area contributed by atoms with Gasteiger partial charge in [-0.3, -0.25) is 0 Å². The summed E-state index contributed by atoms with van der Waals surface area (Å²) in [6.07, 6.45) is 0. The summed E-state index contributed by atoms with van der Waals surface area (Å²) >= 11 is 0. The summed E-state index contributed by atoms with van der Waals surface area (Å²) in [5.41, 5.74) is 25.1. The van der Waals surface area contributed by atoms with Crippen LogP contribution in [-0.2, 0) is 0 Å². The van der Waals surface area contributed by atoms with E-state index < -0.39 is 0 Å². The van der Waals surface area contributed by atoms with Gasteiger partial charge >= 0.3 is 0 Å². The second-order valence-corrected chi connectivity index (χ2v) is 25.9. The highest BCUT2D eigenvalue weighted by atomic mass is 15.0. The van der Waals surface area contributed by atoms with E-state index in [-0.39, 0.29) is 0 Å². The minimum absolute atomic E-state index is 0.568. The van der Waals surface area contributed by atoms with Gasteiger partial charge in [0, 0.05) is 82.5 Å². The maximum Gasteiger partial charge on any atom is 0.164 e. The Morgan fingerprint density at radius 1 is 0.140 bits per heavy atom. The zero-order chi connectivity index (χ0) is 65.8. The average molecular weight is 1270 g/mol. The van der Waals surface area contributed by atoms with E-state index in [4.69, 9.17) is 15.0 Å². The van der Waals surface area contributed by atoms with E-state index in [0.29, 0.717) is 17.5 Å². The predicted molar refractivity (Wildman–Crippen MR) is 415 cm³/mol. The summed E-state index contributed by atoms with van der Waals surface area (Å²) < 4.78 is 9.55. The highest BCUT2D eigenvalue weighted by Gasteiger charge is 2.22. The summed E-state index contributed by atoms with van der Waals surface area (Å²) in [5, 5.41) is 9.59. The zero-order valence-electron chi connectivity index (χ0n) is 54.2. The molecule has 0 atom stereocenters. The SMILES string of the molecule is c1ccc(-c2cccc(-c3cccc(-c4nc(-c5cccc(-n6c7ccccc7c7ccc(-c8ccc9c(c8)c8ccccc8n9-c8ccccc8)cc76)c5)nc(-c5cccc(-n6c7ccccc7c7ccc(-c8ccc9c(c8)c8ccccc8n9-c8ccccc8)cc76)c5)n4)c3)c2)cc1. The third kappa shape index (κ3) is 9.39. The molecule has 100 heavy (non-hydrogen) atoms. The van der Waals surface area contributed by atoms with Crippen LogP contribution in [-0.4, -0.2) is 33.2 Å². The van der Waals surface area contributed by atoms with Crippen LogP contribution in [0, 0.1) is 0 Å². The predicted octanol–water partition coefficient (Wildman–Crippen LogP) is 23.9. The van der Waals surface area contributed by atoms with Crippen molar-refractivity contribution in [3.63, 3.8) is 0 Å². The normalized spacial score (nSPS) is 11.8. The smallest absolute Gasteiger partial charge is 0.164 e. The summed E-state index contributed by atoms with van der Waals surface area (Å²) in [4.78, 5) is 16.5. The van der Waals surface area contributed by atoms with Crippen molar-refractivity contribution in [1.29, 1.82) is 0 Å². The molecule has 0 spiro atoms. The van der Waals surface area contributed by atoms with Crippen molar-refractivity contribution in [3.05, 3.63) is 358 Å². The molecular formula is C93H59N7. The molecule has 0 aliphatic heterocycles. The van der Waals surface area contributed by atoms with Gasteiger partial charge in [0.1, 0.15) is 0 Å². The fourth-order valence-corrected chi connectivity index (χ4v) is 15.6. The molecular weight excluding hydrogens is 1220 g/mol. The van der Waals surface area contributed by atoms with Crippen LogP contribution in [0.1, 0.15) is 0 Å². The standard InChI is InChI=1S/C93H59N7/c1-4-22-60(23-5-1)61-24-18-25-62(52-61)63-26-19-27-68(53-63)91-94-92(69-28-20-34-73(54-69)99-83-40-14-10-36-75(83)79-48-44-66(58-89(79)99)64-46-50-87-81(56-64)77-38-12-16-42-85(77)97(87)71-30-6-2-7-31-71)96-93(95-91)70-29-21-35-74(55-70)100-84-41-15-11-37-76(84)80-49-45-67(59-90(80)100)65-47-51-88-82(57-65)78-39-13-17-43-86(78)98(88)72-32-8-3-9-33-72/h1-59H. The number of rotatable bonds is 11. The average Bonchev–Trinajstić information content (AvgIpc) is 1.58. The third-order valence-corrected chi connectivity index (χ3v) is 20.2. The van der Waals surface area contributed by atoms with Gasteiger partial charge in [0.2, 0.25) is 0 Å². The van der Waals surface area contributed by atoms with E-state index in [1.54, 1.807) is 0 Å². The Morgan fingerprint density at radius 2 is 0.400 bits per heavy atom. The Hall–Kier alpha value is -13.5. The Labute approximate surface area is 576 Å². The molecule has 0 amide bonds. The lowest BCUT2D eigenvalue weighted by molar-refractivity contribution is 1.07. The first-order valence-electron chi connectivity index (χ1n) is 34.1. The highest BCUT2D eigenvalue weighted by molar-refractivity contribution is 6.15. The van der Waals surface area contributed by atoms with Crippen LogP contribution in [0.25, 0.3) is 189 Å². The van der Waals surface area contributed by atoms with E-state index in [2.05, 4.69) is 376 Å². The first-order valence-corrected chi connectivity index (χ1v) is 34.1. The molecule has 20 rings (SSSR count). The van der Waals surface area contributed by atoms with Gasteiger partial charge in [-0.25, -0.2) is 15.0 Å². The largest absolute Gasteiger partial charge is 0.309 e. The molecule has 20 aromatic rings. The summed E-state index contributed by atoms with van der Waals surface area (Å²) in [6, 6.07) is 129. The molecule has 0 saturated heterocycles. The molecule has 0 bridgehead atoms. The Bertz CT molecular complexity index is 6310. The van der Waals surface area contributed by atoms with E-state index in [0.717, 1.165) is 100 Å². The van der Waals surface area contributed by atoms with Gasteiger partial charge in [0.05, 0.1) is 44.1 Å². The number of hydrogen-bond acceptors (Lipinski definition) is 3. The molecule has 5 heterocycles. The van der Waals surface area contributed by atoms with Gasteiger partial charge in [-0.1, -0.05) is 237 Å². The molecule has 15 aromatic carbocycles. The summed E-state index contributed by atoms with van der Waals surface area (Å²) in [6.45, 7) is 0. The van der Waals surface area contributed by atoms with Crippen molar-refractivity contribution in [2.45, 2.75) is 0 Å². The number of benzene rings is 15. The number of nitrogens with zero attached hydrogens (tertiary/aromatic N) is 7. The summed E-state index contributed by atoms with van der Waals surface area (Å²) in [5.74, 6) is 1.71. The van der Waals surface area contributed by atoms with E-state index >= 15 is 0 Å². The number of fused-ring (bicyclic) bond motifs is 12. The van der Waals surface area contributed by atoms with Crippen molar-refractivity contribution < 1.29 is 0 Å². The van der Waals surface area contributed by atoms with E-state index in [9.17, 15) is 0 Å². The van der Waals surface area contributed by atoms with Crippen molar-refractivity contribution in [2.75, 3.05) is 0 Å². The van der Waals surface area contributed by atoms with Crippen LogP contribution in [0.3, 0.4) is 0 Å². The van der Waals surface area contributed by atoms with Crippen LogP contribution in [0.2, 0.25) is 0 Å². The molecule has 0 aliphatic rings. The topological polar surface area (TPSA) is 58.4 Å². The number of para-hydroxylation sites is 6. The van der Waals surface area contributed by atoms with E-state index in [1.807, 2.05) is 0 Å². The van der Waals surface area contributed by atoms with E-state index in [1.165, 1.54) is 70.7 Å². The van der Waals surface area contributed by atoms with Crippen molar-refractivity contribution in [2.24, 2.45) is 0 Å². The molecule has 0 saturated carbocycles. The Morgan fingerprint density at radius 3 is 0.830 bits per heavy atom. The number of aromatic nitrogens is 7. The fraction of sp³-hybridized carbons (Fsp3) is 0. The second-order valence-electron chi connectivity index (χ2n) is 25.9. The van der Waals surface area contributed by atoms with Gasteiger partial charge in [-0.2, -0.15) is 0 Å². The zero-order valence-corrected chi connectivity index (χ0v) is 54.2. The maximum absolute atomic E-state index is 5.52. The Kier molecular flexibility index (Phi) is 13.1. The molecule has 0 unspecified atom stereocenters. The molecule has 0 radical (unpaired) electrons. The van der Waals surface area contributed by atoms with Crippen molar-refractivity contribution in [1.82, 2.24) is 33.2 Å². The fourth-order valence-electron chi connectivity index (χ4n) is 15.6. The van der Waals surface area contributed by atoms with Crippen LogP contribution in [0.5, 0.6) is 0 Å². The first-order chi connectivity index (χ1) is 49.6. The molecule has 7 nitrogen and oxygen atoms in total.